The minimum Gasteiger partial charge on any atom is -0.462 e. The quantitative estimate of drug-likeness (QED) is 0.0928. The van der Waals surface area contributed by atoms with Crippen LogP contribution in [0.1, 0.15) is 77.5 Å². The number of aliphatic hydroxyl groups is 2. The fourth-order valence-electron chi connectivity index (χ4n) is 10.4. The van der Waals surface area contributed by atoms with E-state index in [9.17, 15) is 39.0 Å². The number of hydrogen-bond acceptors (Lipinski definition) is 12. The number of hydrogen-bond donors (Lipinski definition) is 4. The summed E-state index contributed by atoms with van der Waals surface area (Å²) in [7, 11) is 5.46. The van der Waals surface area contributed by atoms with Gasteiger partial charge in [-0.05, 0) is 97.9 Å². The minimum absolute atomic E-state index is 0.0548. The number of ether oxygens (including phenoxy) is 2. The first-order valence-electron chi connectivity index (χ1n) is 24.4. The van der Waals surface area contributed by atoms with Crippen molar-refractivity contribution in [3.8, 4) is 28.1 Å². The maximum absolute atomic E-state index is 14.9. The zero-order valence-corrected chi connectivity index (χ0v) is 42.5. The van der Waals surface area contributed by atoms with Crippen molar-refractivity contribution in [1.29, 1.82) is 0 Å². The summed E-state index contributed by atoms with van der Waals surface area (Å²) in [6.45, 7) is 15.5. The average Bonchev–Trinajstić information content (AvgIpc) is 3.86. The van der Waals surface area contributed by atoms with E-state index in [2.05, 4.69) is 58.0 Å². The first kappa shape index (κ1) is 52.4. The predicted molar refractivity (Wildman–Crippen MR) is 268 cm³/mol. The monoisotopic (exact) mass is 976 g/mol. The molecule has 17 heteroatoms. The van der Waals surface area contributed by atoms with E-state index in [-0.39, 0.29) is 57.7 Å². The van der Waals surface area contributed by atoms with E-state index < -0.39 is 70.3 Å². The number of β-amino-alcohol motifs (C(OH)–C–C–N with tert-alkyl or cyclic N) is 1. The van der Waals surface area contributed by atoms with Crippen LogP contribution in [0, 0.1) is 11.3 Å². The SMILES string of the molecule is C=CC(=O)N1CC[C@](O)(C(=O)N(C)[C@H](C(=O)N[C@H]2Cc3cc(OC(C)=O)cc(c3)-c3ccc4c(c3)c(c(-c3ccccc3CN(C)C)n4CC)CC(C)(C)COC(=O)[C@@]3(O)CCCN(N3)C2=O)C(C)C)C1. The topological polar surface area (TPSA) is 203 Å². The van der Waals surface area contributed by atoms with Crippen LogP contribution < -0.4 is 15.5 Å². The number of nitrogens with zero attached hydrogens (tertiary/aromatic N) is 5. The average molecular weight is 976 g/mol. The molecule has 6 bridgehead atoms. The van der Waals surface area contributed by atoms with Crippen LogP contribution in [-0.2, 0) is 59.4 Å². The predicted octanol–water partition coefficient (Wildman–Crippen LogP) is 4.58. The van der Waals surface area contributed by atoms with Crippen LogP contribution in [0.2, 0.25) is 0 Å². The molecule has 4 aromatic rings. The molecule has 0 aliphatic carbocycles. The third-order valence-electron chi connectivity index (χ3n) is 13.7. The Morgan fingerprint density at radius 1 is 1.00 bits per heavy atom. The van der Waals surface area contributed by atoms with Crippen LogP contribution in [0.5, 0.6) is 5.75 Å². The number of hydrazine groups is 1. The summed E-state index contributed by atoms with van der Waals surface area (Å²) in [6, 6.07) is 17.2. The second-order valence-electron chi connectivity index (χ2n) is 20.8. The van der Waals surface area contributed by atoms with E-state index in [1.165, 1.54) is 18.9 Å². The Morgan fingerprint density at radius 2 is 1.73 bits per heavy atom. The Kier molecular flexibility index (Phi) is 15.3. The summed E-state index contributed by atoms with van der Waals surface area (Å²) in [4.78, 5) is 87.3. The molecule has 7 rings (SSSR count). The van der Waals surface area contributed by atoms with E-state index >= 15 is 0 Å². The van der Waals surface area contributed by atoms with Gasteiger partial charge >= 0.3 is 11.9 Å². The van der Waals surface area contributed by atoms with Crippen molar-refractivity contribution in [3.05, 3.63) is 90.0 Å². The molecule has 4 amide bonds. The third-order valence-corrected chi connectivity index (χ3v) is 13.7. The molecule has 3 aromatic carbocycles. The molecule has 1 aromatic heterocycles. The Morgan fingerprint density at radius 3 is 2.41 bits per heavy atom. The van der Waals surface area contributed by atoms with Gasteiger partial charge in [-0.1, -0.05) is 70.7 Å². The fourth-order valence-corrected chi connectivity index (χ4v) is 10.4. The number of carbonyl (C=O) groups is 6. The Hall–Kier alpha value is -6.40. The number of carbonyl (C=O) groups excluding carboxylic acids is 6. The first-order valence-corrected chi connectivity index (χ1v) is 24.4. The highest BCUT2D eigenvalue weighted by Crippen LogP contribution is 2.42. The van der Waals surface area contributed by atoms with Gasteiger partial charge in [-0.15, -0.1) is 0 Å². The van der Waals surface area contributed by atoms with E-state index in [0.717, 1.165) is 54.8 Å². The van der Waals surface area contributed by atoms with Gasteiger partial charge in [0, 0.05) is 81.3 Å². The number of aromatic nitrogens is 1. The van der Waals surface area contributed by atoms with Crippen molar-refractivity contribution in [2.24, 2.45) is 11.3 Å². The number of esters is 2. The summed E-state index contributed by atoms with van der Waals surface area (Å²) in [6.07, 6.45) is 1.48. The van der Waals surface area contributed by atoms with Gasteiger partial charge in [-0.25, -0.2) is 4.79 Å². The number of benzene rings is 3. The van der Waals surface area contributed by atoms with Crippen molar-refractivity contribution in [2.45, 2.75) is 110 Å². The van der Waals surface area contributed by atoms with Gasteiger partial charge in [0.25, 0.3) is 11.8 Å². The molecule has 0 radical (unpaired) electrons. The first-order chi connectivity index (χ1) is 33.5. The molecule has 17 nitrogen and oxygen atoms in total. The highest BCUT2D eigenvalue weighted by molar-refractivity contribution is 5.97. The number of fused-ring (bicyclic) bond motifs is 6. The fraction of sp³-hybridized carbons (Fsp3) is 0.481. The van der Waals surface area contributed by atoms with Crippen LogP contribution in [0.4, 0.5) is 0 Å². The number of cyclic esters (lactones) is 1. The molecule has 0 saturated carbocycles. The van der Waals surface area contributed by atoms with Crippen molar-refractivity contribution in [1.82, 2.24) is 35.0 Å². The molecule has 0 unspecified atom stereocenters. The van der Waals surface area contributed by atoms with E-state index in [1.54, 1.807) is 26.0 Å². The zero-order valence-electron chi connectivity index (χ0n) is 42.5. The lowest BCUT2D eigenvalue weighted by molar-refractivity contribution is -0.189. The van der Waals surface area contributed by atoms with Crippen LogP contribution >= 0.6 is 0 Å². The third kappa shape index (κ3) is 11.1. The molecule has 2 saturated heterocycles. The van der Waals surface area contributed by atoms with E-state index in [0.29, 0.717) is 30.6 Å². The summed E-state index contributed by atoms with van der Waals surface area (Å²) in [5.41, 5.74) is 5.00. The molecule has 3 aliphatic heterocycles. The van der Waals surface area contributed by atoms with Crippen molar-refractivity contribution in [3.63, 3.8) is 0 Å². The molecule has 2 fully saturated rings. The van der Waals surface area contributed by atoms with E-state index in [1.807, 2.05) is 52.2 Å². The lowest BCUT2D eigenvalue weighted by atomic mass is 9.83. The van der Waals surface area contributed by atoms with Crippen molar-refractivity contribution < 1.29 is 48.5 Å². The maximum Gasteiger partial charge on any atom is 0.355 e. The van der Waals surface area contributed by atoms with Crippen LogP contribution in [-0.4, -0.2) is 141 Å². The van der Waals surface area contributed by atoms with Gasteiger partial charge in [0.1, 0.15) is 17.8 Å². The Balaban J connectivity index is 1.37. The highest BCUT2D eigenvalue weighted by atomic mass is 16.6. The van der Waals surface area contributed by atoms with Gasteiger partial charge in [0.2, 0.25) is 17.5 Å². The molecular weight excluding hydrogens is 907 g/mol. The molecule has 4 N–H and O–H groups in total. The molecule has 0 spiro atoms. The summed E-state index contributed by atoms with van der Waals surface area (Å²) >= 11 is 0. The minimum atomic E-state index is -2.31. The molecule has 4 atom stereocenters. The number of likely N-dealkylation sites (tertiary alicyclic amines) is 1. The number of amides is 4. The lowest BCUT2D eigenvalue weighted by Gasteiger charge is -2.40. The molecule has 4 heterocycles. The number of aryl methyl sites for hydroxylation is 1. The van der Waals surface area contributed by atoms with Crippen LogP contribution in [0.25, 0.3) is 33.3 Å². The number of nitrogens with one attached hydrogen (secondary N) is 2. The largest absolute Gasteiger partial charge is 0.462 e. The molecule has 3 aliphatic rings. The smallest absolute Gasteiger partial charge is 0.355 e. The summed E-state index contributed by atoms with van der Waals surface area (Å²) in [5, 5.41) is 28.5. The normalized spacial score (nSPS) is 22.0. The van der Waals surface area contributed by atoms with Crippen molar-refractivity contribution in [2.75, 3.05) is 47.4 Å². The Bertz CT molecular complexity index is 2750. The lowest BCUT2D eigenvalue weighted by Crippen LogP contribution is -2.67. The Labute approximate surface area is 415 Å². The van der Waals surface area contributed by atoms with Gasteiger partial charge in [0.15, 0.2) is 5.60 Å². The van der Waals surface area contributed by atoms with Crippen LogP contribution in [0.15, 0.2) is 73.3 Å². The number of rotatable bonds is 11. The van der Waals surface area contributed by atoms with Gasteiger partial charge in [0.05, 0.1) is 18.8 Å². The summed E-state index contributed by atoms with van der Waals surface area (Å²) in [5.74, 6) is -4.50. The second-order valence-corrected chi connectivity index (χ2v) is 20.8. The standard InChI is InChI=1S/C54H69N7O10/c1-11-45(63)59-23-21-53(68,31-59)50(66)58(10)46(33(3)4)48(64)55-43-26-35-24-38(27-39(25-35)71-34(5)62)36-18-19-44-41(28-36)42(47(60(44)12-2)40-17-14-13-16-37(40)30-57(8)9)29-52(6,7)32-70-51(67)54(69)20-15-22-61(56-54)49(43)65/h11,13-14,16-19,24-25,27-28,33,43,46,56,68-69H,1,12,15,20-23,26,29-32H2,2-10H3,(H,55,64)/t43-,46-,53+,54-/m0/s1. The zero-order chi connectivity index (χ0) is 51.7. The molecule has 71 heavy (non-hydrogen) atoms. The second kappa shape index (κ2) is 20.7. The van der Waals surface area contributed by atoms with Gasteiger partial charge in [-0.3, -0.25) is 29.0 Å². The van der Waals surface area contributed by atoms with Gasteiger partial charge in [-0.2, -0.15) is 5.43 Å². The number of likely N-dealkylation sites (N-methyl/N-ethyl adjacent to an activating group) is 1. The van der Waals surface area contributed by atoms with Crippen LogP contribution in [0.3, 0.4) is 0 Å². The summed E-state index contributed by atoms with van der Waals surface area (Å²) < 4.78 is 14.0. The maximum atomic E-state index is 14.9. The molecule has 380 valence electrons. The molecular formula is C54H69N7O10. The van der Waals surface area contributed by atoms with E-state index in [4.69, 9.17) is 9.47 Å². The van der Waals surface area contributed by atoms with Crippen molar-refractivity contribution >= 4 is 46.5 Å². The highest BCUT2D eigenvalue weighted by Gasteiger charge is 2.49. The van der Waals surface area contributed by atoms with Gasteiger partial charge < -0.3 is 44.3 Å².